The minimum absolute atomic E-state index is 0.246. The molecule has 4 rings (SSSR count). The maximum atomic E-state index is 13.4. The van der Waals surface area contributed by atoms with E-state index in [1.54, 1.807) is 36.6 Å². The molecule has 29 heavy (non-hydrogen) atoms. The lowest BCUT2D eigenvalue weighted by Gasteiger charge is -2.10. The average molecular weight is 430 g/mol. The fourth-order valence-electron chi connectivity index (χ4n) is 2.70. The standard InChI is InChI=1S/C21H17ClFN3O2S/c22-16-6-8-18(9-7-16)28-13-20-24-25-21(26(20)12-19-5-2-10-27-19)29-14-15-3-1-4-17(23)11-15/h1-11H,12-14H2. The number of aromatic nitrogens is 3. The molecule has 0 radical (unpaired) electrons. The van der Waals surface area contributed by atoms with E-state index in [4.69, 9.17) is 20.8 Å². The first kappa shape index (κ1) is 19.5. The van der Waals surface area contributed by atoms with Gasteiger partial charge in [-0.25, -0.2) is 4.39 Å². The van der Waals surface area contributed by atoms with E-state index in [0.717, 1.165) is 11.3 Å². The molecular formula is C21H17ClFN3O2S. The van der Waals surface area contributed by atoms with Gasteiger partial charge in [-0.05, 0) is 54.1 Å². The van der Waals surface area contributed by atoms with Crippen molar-refractivity contribution in [3.8, 4) is 5.75 Å². The minimum atomic E-state index is -0.253. The number of hydrogen-bond acceptors (Lipinski definition) is 5. The number of furan rings is 1. The molecule has 0 unspecified atom stereocenters. The van der Waals surface area contributed by atoms with Crippen LogP contribution in [0.1, 0.15) is 17.1 Å². The van der Waals surface area contributed by atoms with Crippen LogP contribution in [-0.4, -0.2) is 14.8 Å². The summed E-state index contributed by atoms with van der Waals surface area (Å²) in [5.74, 6) is 2.46. The van der Waals surface area contributed by atoms with Crippen molar-refractivity contribution in [1.29, 1.82) is 0 Å². The zero-order valence-electron chi connectivity index (χ0n) is 15.3. The topological polar surface area (TPSA) is 53.1 Å². The first-order chi connectivity index (χ1) is 14.2. The molecule has 0 aliphatic carbocycles. The lowest BCUT2D eigenvalue weighted by molar-refractivity contribution is 0.287. The molecule has 0 spiro atoms. The van der Waals surface area contributed by atoms with Gasteiger partial charge in [0.1, 0.15) is 23.9 Å². The summed E-state index contributed by atoms with van der Waals surface area (Å²) in [5.41, 5.74) is 0.876. The number of benzene rings is 2. The number of thioether (sulfide) groups is 1. The van der Waals surface area contributed by atoms with Crippen LogP contribution in [0.4, 0.5) is 4.39 Å². The Hall–Kier alpha value is -2.77. The van der Waals surface area contributed by atoms with Gasteiger partial charge in [-0.2, -0.15) is 0 Å². The van der Waals surface area contributed by atoms with Gasteiger partial charge in [-0.1, -0.05) is 35.5 Å². The van der Waals surface area contributed by atoms with E-state index in [1.165, 1.54) is 23.9 Å². The van der Waals surface area contributed by atoms with Gasteiger partial charge in [0.05, 0.1) is 12.8 Å². The molecule has 2 heterocycles. The predicted octanol–water partition coefficient (Wildman–Crippen LogP) is 5.58. The lowest BCUT2D eigenvalue weighted by atomic mass is 10.2. The molecule has 4 aromatic rings. The fraction of sp³-hybridized carbons (Fsp3) is 0.143. The summed E-state index contributed by atoms with van der Waals surface area (Å²) in [4.78, 5) is 0. The molecule has 0 aliphatic heterocycles. The van der Waals surface area contributed by atoms with Crippen molar-refractivity contribution in [1.82, 2.24) is 14.8 Å². The van der Waals surface area contributed by atoms with Crippen LogP contribution in [-0.2, 0) is 18.9 Å². The Bertz CT molecular complexity index is 1070. The maximum absolute atomic E-state index is 13.4. The molecule has 0 atom stereocenters. The zero-order valence-corrected chi connectivity index (χ0v) is 16.9. The van der Waals surface area contributed by atoms with Crippen molar-refractivity contribution in [2.45, 2.75) is 24.1 Å². The third-order valence-corrected chi connectivity index (χ3v) is 5.42. The van der Waals surface area contributed by atoms with E-state index in [0.29, 0.717) is 34.1 Å². The molecule has 5 nitrogen and oxygen atoms in total. The van der Waals surface area contributed by atoms with Gasteiger partial charge in [0.25, 0.3) is 0 Å². The summed E-state index contributed by atoms with van der Waals surface area (Å²) in [6.45, 7) is 0.723. The van der Waals surface area contributed by atoms with Gasteiger partial charge in [-0.15, -0.1) is 10.2 Å². The molecule has 0 saturated heterocycles. The quantitative estimate of drug-likeness (QED) is 0.342. The largest absolute Gasteiger partial charge is 0.486 e. The highest BCUT2D eigenvalue weighted by atomic mass is 35.5. The van der Waals surface area contributed by atoms with Crippen molar-refractivity contribution >= 4 is 23.4 Å². The molecule has 0 aliphatic rings. The first-order valence-corrected chi connectivity index (χ1v) is 10.2. The van der Waals surface area contributed by atoms with Gasteiger partial charge in [-0.3, -0.25) is 4.57 Å². The SMILES string of the molecule is Fc1cccc(CSc2nnc(COc3ccc(Cl)cc3)n2Cc2ccco2)c1. The minimum Gasteiger partial charge on any atom is -0.486 e. The number of halogens is 2. The Morgan fingerprint density at radius 1 is 1.07 bits per heavy atom. The van der Waals surface area contributed by atoms with Gasteiger partial charge in [0.2, 0.25) is 0 Å². The van der Waals surface area contributed by atoms with Crippen molar-refractivity contribution in [3.63, 3.8) is 0 Å². The van der Waals surface area contributed by atoms with E-state index in [1.807, 2.05) is 22.8 Å². The van der Waals surface area contributed by atoms with Crippen LogP contribution in [0.5, 0.6) is 5.75 Å². The summed E-state index contributed by atoms with van der Waals surface area (Å²) in [7, 11) is 0. The summed E-state index contributed by atoms with van der Waals surface area (Å²) in [5, 5.41) is 9.94. The highest BCUT2D eigenvalue weighted by Gasteiger charge is 2.15. The summed E-state index contributed by atoms with van der Waals surface area (Å²) >= 11 is 7.40. The molecule has 0 amide bonds. The van der Waals surface area contributed by atoms with Gasteiger partial charge < -0.3 is 9.15 Å². The molecule has 2 aromatic heterocycles. The Morgan fingerprint density at radius 2 is 1.93 bits per heavy atom. The van der Waals surface area contributed by atoms with Crippen LogP contribution < -0.4 is 4.74 Å². The highest BCUT2D eigenvalue weighted by Crippen LogP contribution is 2.24. The van der Waals surface area contributed by atoms with Crippen molar-refractivity contribution in [2.24, 2.45) is 0 Å². The van der Waals surface area contributed by atoms with Crippen LogP contribution in [0.25, 0.3) is 0 Å². The normalized spacial score (nSPS) is 11.0. The third-order valence-electron chi connectivity index (χ3n) is 4.13. The smallest absolute Gasteiger partial charge is 0.192 e. The number of nitrogens with zero attached hydrogens (tertiary/aromatic N) is 3. The lowest BCUT2D eigenvalue weighted by Crippen LogP contribution is -2.09. The van der Waals surface area contributed by atoms with E-state index in [9.17, 15) is 4.39 Å². The van der Waals surface area contributed by atoms with Crippen LogP contribution in [0.2, 0.25) is 5.02 Å². The van der Waals surface area contributed by atoms with Crippen LogP contribution >= 0.6 is 23.4 Å². The summed E-state index contributed by atoms with van der Waals surface area (Å²) in [6, 6.07) is 17.4. The zero-order chi connectivity index (χ0) is 20.1. The average Bonchev–Trinajstić information content (AvgIpc) is 3.37. The first-order valence-electron chi connectivity index (χ1n) is 8.87. The van der Waals surface area contributed by atoms with E-state index < -0.39 is 0 Å². The molecule has 2 aromatic carbocycles. The Kier molecular flexibility index (Phi) is 6.17. The molecule has 0 bridgehead atoms. The molecule has 148 valence electrons. The summed E-state index contributed by atoms with van der Waals surface area (Å²) in [6.07, 6.45) is 1.63. The van der Waals surface area contributed by atoms with E-state index in [2.05, 4.69) is 10.2 Å². The van der Waals surface area contributed by atoms with Gasteiger partial charge in [0.15, 0.2) is 11.0 Å². The van der Waals surface area contributed by atoms with Gasteiger partial charge >= 0.3 is 0 Å². The fourth-order valence-corrected chi connectivity index (χ4v) is 3.73. The molecule has 0 fully saturated rings. The number of hydrogen-bond donors (Lipinski definition) is 0. The maximum Gasteiger partial charge on any atom is 0.192 e. The molecular weight excluding hydrogens is 413 g/mol. The Labute approximate surface area is 176 Å². The number of rotatable bonds is 8. The van der Waals surface area contributed by atoms with Crippen molar-refractivity contribution < 1.29 is 13.5 Å². The monoisotopic (exact) mass is 429 g/mol. The Morgan fingerprint density at radius 3 is 2.69 bits per heavy atom. The van der Waals surface area contributed by atoms with Gasteiger partial charge in [0, 0.05) is 10.8 Å². The summed E-state index contributed by atoms with van der Waals surface area (Å²) < 4.78 is 26.7. The van der Waals surface area contributed by atoms with E-state index >= 15 is 0 Å². The van der Waals surface area contributed by atoms with Crippen molar-refractivity contribution in [3.05, 3.63) is 94.9 Å². The van der Waals surface area contributed by atoms with Crippen LogP contribution in [0, 0.1) is 5.82 Å². The van der Waals surface area contributed by atoms with E-state index in [-0.39, 0.29) is 12.4 Å². The molecule has 8 heteroatoms. The number of ether oxygens (including phenoxy) is 1. The second-order valence-electron chi connectivity index (χ2n) is 6.23. The molecule has 0 N–H and O–H groups in total. The van der Waals surface area contributed by atoms with Crippen molar-refractivity contribution in [2.75, 3.05) is 0 Å². The third kappa shape index (κ3) is 5.19. The Balaban J connectivity index is 1.51. The second kappa shape index (κ2) is 9.15. The second-order valence-corrected chi connectivity index (χ2v) is 7.60. The predicted molar refractivity (Wildman–Crippen MR) is 110 cm³/mol. The van der Waals surface area contributed by atoms with Crippen LogP contribution in [0.3, 0.4) is 0 Å². The van der Waals surface area contributed by atoms with Crippen LogP contribution in [0.15, 0.2) is 76.5 Å². The molecule has 0 saturated carbocycles. The highest BCUT2D eigenvalue weighted by molar-refractivity contribution is 7.98.